The van der Waals surface area contributed by atoms with Gasteiger partial charge in [-0.1, -0.05) is 19.4 Å². The molecule has 0 aromatic rings. The zero-order valence-corrected chi connectivity index (χ0v) is 10.5. The number of hydrogen-bond donors (Lipinski definition) is 1. The van der Waals surface area contributed by atoms with Gasteiger partial charge >= 0.3 is 29.6 Å². The summed E-state index contributed by atoms with van der Waals surface area (Å²) in [4.78, 5) is 0. The standard InChI is InChI=1S/C7H14O3S.Na.H/c1-3-5-7(4-2)6-11(8,9)10;;/h4,7H,2-3,5-6H2,1H3,(H,8,9,10);;/q;+1;-1. The Labute approximate surface area is 97.8 Å². The fourth-order valence-electron chi connectivity index (χ4n) is 0.911. The molecule has 0 heterocycles. The SMILES string of the molecule is C=CC(CCC)CS(=O)(=O)O.[H-].[Na+]. The van der Waals surface area contributed by atoms with E-state index in [-0.39, 0.29) is 42.7 Å². The van der Waals surface area contributed by atoms with Crippen molar-refractivity contribution in [2.45, 2.75) is 19.8 Å². The molecule has 1 N–H and O–H groups in total. The minimum Gasteiger partial charge on any atom is -1.00 e. The van der Waals surface area contributed by atoms with Crippen molar-refractivity contribution in [2.75, 3.05) is 5.75 Å². The van der Waals surface area contributed by atoms with Gasteiger partial charge < -0.3 is 1.43 Å². The summed E-state index contributed by atoms with van der Waals surface area (Å²) < 4.78 is 29.2. The van der Waals surface area contributed by atoms with Crippen molar-refractivity contribution in [3.05, 3.63) is 12.7 Å². The van der Waals surface area contributed by atoms with Crippen LogP contribution in [0.15, 0.2) is 12.7 Å². The summed E-state index contributed by atoms with van der Waals surface area (Å²) in [6.45, 7) is 5.45. The average molecular weight is 202 g/mol. The van der Waals surface area contributed by atoms with Gasteiger partial charge in [-0.2, -0.15) is 8.42 Å². The molecule has 1 atom stereocenters. The summed E-state index contributed by atoms with van der Waals surface area (Å²) in [5.41, 5.74) is 0. The quantitative estimate of drug-likeness (QED) is 0.339. The first kappa shape index (κ1) is 15.1. The third-order valence-electron chi connectivity index (χ3n) is 1.42. The van der Waals surface area contributed by atoms with E-state index in [4.69, 9.17) is 4.55 Å². The maximum Gasteiger partial charge on any atom is 1.00 e. The van der Waals surface area contributed by atoms with Crippen LogP contribution in [0.25, 0.3) is 0 Å². The van der Waals surface area contributed by atoms with Gasteiger partial charge in [0.25, 0.3) is 10.1 Å². The third-order valence-corrected chi connectivity index (χ3v) is 2.27. The van der Waals surface area contributed by atoms with Crippen LogP contribution >= 0.6 is 0 Å². The van der Waals surface area contributed by atoms with Crippen molar-refractivity contribution in [2.24, 2.45) is 5.92 Å². The molecule has 0 aromatic heterocycles. The normalized spacial score (nSPS) is 13.2. The van der Waals surface area contributed by atoms with E-state index in [1.54, 1.807) is 6.08 Å². The molecule has 12 heavy (non-hydrogen) atoms. The van der Waals surface area contributed by atoms with Crippen LogP contribution in [-0.4, -0.2) is 18.7 Å². The predicted molar refractivity (Wildman–Crippen MR) is 46.1 cm³/mol. The van der Waals surface area contributed by atoms with Crippen molar-refractivity contribution in [1.82, 2.24) is 0 Å². The van der Waals surface area contributed by atoms with E-state index in [2.05, 4.69) is 6.58 Å². The van der Waals surface area contributed by atoms with Gasteiger partial charge in [0.2, 0.25) is 0 Å². The van der Waals surface area contributed by atoms with Crippen molar-refractivity contribution < 1.29 is 44.0 Å². The van der Waals surface area contributed by atoms with Crippen molar-refractivity contribution in [1.29, 1.82) is 0 Å². The van der Waals surface area contributed by atoms with Crippen LogP contribution in [0, 0.1) is 5.92 Å². The van der Waals surface area contributed by atoms with E-state index < -0.39 is 10.1 Å². The minimum absolute atomic E-state index is 0. The monoisotopic (exact) mass is 202 g/mol. The molecule has 0 saturated heterocycles. The molecule has 3 nitrogen and oxygen atoms in total. The van der Waals surface area contributed by atoms with Gasteiger partial charge in [0.15, 0.2) is 0 Å². The van der Waals surface area contributed by atoms with Gasteiger partial charge in [-0.3, -0.25) is 4.55 Å². The van der Waals surface area contributed by atoms with E-state index in [1.807, 2.05) is 6.92 Å². The van der Waals surface area contributed by atoms with Gasteiger partial charge in [0, 0.05) is 0 Å². The van der Waals surface area contributed by atoms with Gasteiger partial charge in [0.1, 0.15) is 0 Å². The molecule has 0 aliphatic heterocycles. The van der Waals surface area contributed by atoms with E-state index in [9.17, 15) is 8.42 Å². The molecule has 0 fully saturated rings. The summed E-state index contributed by atoms with van der Waals surface area (Å²) in [6, 6.07) is 0. The fraction of sp³-hybridized carbons (Fsp3) is 0.714. The van der Waals surface area contributed by atoms with Gasteiger partial charge in [-0.15, -0.1) is 6.58 Å². The molecule has 68 valence electrons. The molecule has 0 spiro atoms. The summed E-state index contributed by atoms with van der Waals surface area (Å²) in [6.07, 6.45) is 3.22. The molecule has 0 aliphatic rings. The van der Waals surface area contributed by atoms with Crippen molar-refractivity contribution in [3.63, 3.8) is 0 Å². The summed E-state index contributed by atoms with van der Waals surface area (Å²) in [5.74, 6) is -0.320. The Morgan fingerprint density at radius 2 is 2.17 bits per heavy atom. The number of hydrogen-bond acceptors (Lipinski definition) is 2. The summed E-state index contributed by atoms with van der Waals surface area (Å²) in [5, 5.41) is 0. The molecule has 0 bridgehead atoms. The second-order valence-electron chi connectivity index (χ2n) is 2.53. The van der Waals surface area contributed by atoms with Crippen molar-refractivity contribution >= 4 is 10.1 Å². The molecule has 0 aromatic carbocycles. The van der Waals surface area contributed by atoms with Crippen LogP contribution in [-0.2, 0) is 10.1 Å². The molecular formula is C7H15NaO3S. The van der Waals surface area contributed by atoms with Crippen LogP contribution < -0.4 is 29.6 Å². The molecule has 0 radical (unpaired) electrons. The Bertz CT molecular complexity index is 216. The van der Waals surface area contributed by atoms with Crippen LogP contribution in [0.2, 0.25) is 0 Å². The maximum atomic E-state index is 10.4. The number of rotatable bonds is 5. The minimum atomic E-state index is -3.83. The molecule has 0 rings (SSSR count). The van der Waals surface area contributed by atoms with E-state index in [0.717, 1.165) is 12.8 Å². The number of allylic oxidation sites excluding steroid dienone is 1. The zero-order chi connectivity index (χ0) is 8.91. The maximum absolute atomic E-state index is 10.4. The van der Waals surface area contributed by atoms with E-state index in [0.29, 0.717) is 0 Å². The first-order valence-corrected chi connectivity index (χ1v) is 5.18. The molecule has 0 aliphatic carbocycles. The first-order chi connectivity index (χ1) is 4.99. The average Bonchev–Trinajstić information content (AvgIpc) is 1.84. The molecule has 0 saturated carbocycles. The summed E-state index contributed by atoms with van der Waals surface area (Å²) in [7, 11) is -3.83. The molecular weight excluding hydrogens is 187 g/mol. The van der Waals surface area contributed by atoms with Gasteiger partial charge in [-0.05, 0) is 12.3 Å². The Morgan fingerprint density at radius 3 is 2.42 bits per heavy atom. The van der Waals surface area contributed by atoms with Crippen molar-refractivity contribution in [3.8, 4) is 0 Å². The Morgan fingerprint density at radius 1 is 1.67 bits per heavy atom. The molecule has 1 unspecified atom stereocenters. The topological polar surface area (TPSA) is 54.4 Å². The summed E-state index contributed by atoms with van der Waals surface area (Å²) >= 11 is 0. The fourth-order valence-corrected chi connectivity index (χ4v) is 1.75. The smallest absolute Gasteiger partial charge is 1.00 e. The first-order valence-electron chi connectivity index (χ1n) is 3.57. The van der Waals surface area contributed by atoms with E-state index in [1.165, 1.54) is 0 Å². The molecule has 5 heteroatoms. The van der Waals surface area contributed by atoms with Crippen LogP contribution in [0.5, 0.6) is 0 Å². The predicted octanol–water partition coefficient (Wildman–Crippen LogP) is -1.41. The van der Waals surface area contributed by atoms with Crippen LogP contribution in [0.1, 0.15) is 21.2 Å². The van der Waals surface area contributed by atoms with Gasteiger partial charge in [-0.25, -0.2) is 0 Å². The largest absolute Gasteiger partial charge is 1.00 e. The Kier molecular flexibility index (Phi) is 8.95. The second kappa shape index (κ2) is 7.09. The molecule has 0 amide bonds. The third kappa shape index (κ3) is 8.74. The van der Waals surface area contributed by atoms with Crippen LogP contribution in [0.3, 0.4) is 0 Å². The van der Waals surface area contributed by atoms with E-state index >= 15 is 0 Å². The Balaban J connectivity index is -0.000000500. The zero-order valence-electron chi connectivity index (χ0n) is 8.66. The Hall–Kier alpha value is 0.650. The van der Waals surface area contributed by atoms with Crippen LogP contribution in [0.4, 0.5) is 0 Å². The van der Waals surface area contributed by atoms with Gasteiger partial charge in [0.05, 0.1) is 5.75 Å². The second-order valence-corrected chi connectivity index (χ2v) is 4.03.